The molecule has 0 amide bonds. The molecule has 1 aromatic heterocycles. The number of aldehydes is 1. The Morgan fingerprint density at radius 3 is 2.71 bits per heavy atom. The van der Waals surface area contributed by atoms with Gasteiger partial charge in [-0.3, -0.25) is 4.79 Å². The number of nitriles is 1. The molecule has 1 heterocycles. The Bertz CT molecular complexity index is 415. The number of alkyl halides is 2. The van der Waals surface area contributed by atoms with Gasteiger partial charge in [-0.25, -0.2) is 13.8 Å². The fourth-order valence-electron chi connectivity index (χ4n) is 0.867. The smallest absolute Gasteiger partial charge is 0.281 e. The van der Waals surface area contributed by atoms with Gasteiger partial charge in [0.1, 0.15) is 16.9 Å². The van der Waals surface area contributed by atoms with Gasteiger partial charge in [0.15, 0.2) is 6.29 Å². The lowest BCUT2D eigenvalue weighted by molar-refractivity contribution is 0.110. The quantitative estimate of drug-likeness (QED) is 0.563. The number of carbonyl (C=O) groups is 1. The summed E-state index contributed by atoms with van der Waals surface area (Å²) < 4.78 is 24.5. The van der Waals surface area contributed by atoms with E-state index in [0.717, 1.165) is 6.07 Å². The zero-order valence-corrected chi connectivity index (χ0v) is 7.42. The third kappa shape index (κ3) is 1.86. The van der Waals surface area contributed by atoms with Crippen LogP contribution >= 0.6 is 11.6 Å². The van der Waals surface area contributed by atoms with E-state index in [0.29, 0.717) is 0 Å². The molecule has 0 N–H and O–H groups in total. The van der Waals surface area contributed by atoms with Gasteiger partial charge < -0.3 is 0 Å². The van der Waals surface area contributed by atoms with Crippen molar-refractivity contribution in [2.45, 2.75) is 6.43 Å². The first-order chi connectivity index (χ1) is 6.60. The van der Waals surface area contributed by atoms with Gasteiger partial charge in [0.2, 0.25) is 0 Å². The highest BCUT2D eigenvalue weighted by atomic mass is 35.5. The summed E-state index contributed by atoms with van der Waals surface area (Å²) in [6, 6.07) is 2.63. The fourth-order valence-corrected chi connectivity index (χ4v) is 1.05. The molecule has 0 radical (unpaired) electrons. The molecule has 72 valence electrons. The molecule has 0 spiro atoms. The Morgan fingerprint density at radius 2 is 2.29 bits per heavy atom. The highest BCUT2D eigenvalue weighted by Crippen LogP contribution is 2.24. The summed E-state index contributed by atoms with van der Waals surface area (Å²) in [5, 5.41) is 8.16. The molecule has 0 saturated carbocycles. The molecule has 6 heteroatoms. The van der Waals surface area contributed by atoms with E-state index in [2.05, 4.69) is 4.98 Å². The lowest BCUT2D eigenvalue weighted by Crippen LogP contribution is -1.99. The standard InChI is InChI=1S/C8H3ClF2N2O/c9-7-4(2-12)1-5(3-14)6(13-7)8(10)11/h1,3,8H. The molecule has 1 rings (SSSR count). The van der Waals surface area contributed by atoms with Crippen molar-refractivity contribution in [1.82, 2.24) is 4.98 Å². The van der Waals surface area contributed by atoms with Crippen LogP contribution in [0.2, 0.25) is 5.15 Å². The predicted octanol–water partition coefficient (Wildman–Crippen LogP) is 2.36. The zero-order valence-electron chi connectivity index (χ0n) is 6.67. The van der Waals surface area contributed by atoms with Crippen molar-refractivity contribution in [1.29, 1.82) is 5.26 Å². The molecule has 0 bridgehead atoms. The van der Waals surface area contributed by atoms with Crippen LogP contribution in [0.4, 0.5) is 8.78 Å². The maximum Gasteiger partial charge on any atom is 0.281 e. The van der Waals surface area contributed by atoms with Gasteiger partial charge in [-0.15, -0.1) is 0 Å². The number of halogens is 3. The van der Waals surface area contributed by atoms with Crippen LogP contribution in [0.15, 0.2) is 6.07 Å². The summed E-state index contributed by atoms with van der Waals surface area (Å²) in [5.74, 6) is 0. The van der Waals surface area contributed by atoms with Crippen molar-refractivity contribution in [3.63, 3.8) is 0 Å². The Labute approximate surface area is 82.9 Å². The minimum atomic E-state index is -2.89. The van der Waals surface area contributed by atoms with Crippen LogP contribution in [-0.2, 0) is 0 Å². The molecule has 0 aliphatic heterocycles. The van der Waals surface area contributed by atoms with E-state index < -0.39 is 12.1 Å². The Kier molecular flexibility index (Phi) is 3.10. The molecular weight excluding hydrogens is 214 g/mol. The van der Waals surface area contributed by atoms with Crippen molar-refractivity contribution in [2.24, 2.45) is 0 Å². The van der Waals surface area contributed by atoms with Gasteiger partial charge in [-0.1, -0.05) is 11.6 Å². The SMILES string of the molecule is N#Cc1cc(C=O)c(C(F)F)nc1Cl. The number of carbonyl (C=O) groups excluding carboxylic acids is 1. The average molecular weight is 217 g/mol. The second-order valence-electron chi connectivity index (χ2n) is 2.33. The number of hydrogen-bond donors (Lipinski definition) is 0. The second-order valence-corrected chi connectivity index (χ2v) is 2.69. The summed E-state index contributed by atoms with van der Waals surface area (Å²) in [7, 11) is 0. The summed E-state index contributed by atoms with van der Waals surface area (Å²) in [5.41, 5.74) is -1.12. The maximum absolute atomic E-state index is 12.3. The molecule has 0 unspecified atom stereocenters. The van der Waals surface area contributed by atoms with Crippen molar-refractivity contribution >= 4 is 17.9 Å². The molecule has 0 aliphatic rings. The van der Waals surface area contributed by atoms with Crippen LogP contribution in [0.5, 0.6) is 0 Å². The third-order valence-corrected chi connectivity index (χ3v) is 1.78. The minimum absolute atomic E-state index is 0.0989. The molecule has 1 aromatic rings. The van der Waals surface area contributed by atoms with Crippen molar-refractivity contribution in [3.8, 4) is 6.07 Å². The maximum atomic E-state index is 12.3. The van der Waals surface area contributed by atoms with E-state index in [-0.39, 0.29) is 22.6 Å². The van der Waals surface area contributed by atoms with Crippen LogP contribution in [-0.4, -0.2) is 11.3 Å². The molecular formula is C8H3ClF2N2O. The van der Waals surface area contributed by atoms with E-state index in [9.17, 15) is 13.6 Å². The average Bonchev–Trinajstić information content (AvgIpc) is 2.17. The molecule has 0 saturated heterocycles. The second kappa shape index (κ2) is 4.11. The third-order valence-electron chi connectivity index (χ3n) is 1.49. The van der Waals surface area contributed by atoms with E-state index in [1.54, 1.807) is 6.07 Å². The number of aromatic nitrogens is 1. The first-order valence-electron chi connectivity index (χ1n) is 3.44. The van der Waals surface area contributed by atoms with Crippen LogP contribution in [0.1, 0.15) is 28.0 Å². The Hall–Kier alpha value is -1.54. The monoisotopic (exact) mass is 216 g/mol. The van der Waals surface area contributed by atoms with Crippen molar-refractivity contribution in [3.05, 3.63) is 28.0 Å². The summed E-state index contributed by atoms with van der Waals surface area (Å²) in [4.78, 5) is 13.7. The fraction of sp³-hybridized carbons (Fsp3) is 0.125. The van der Waals surface area contributed by atoms with Gasteiger partial charge in [0.05, 0.1) is 5.56 Å². The molecule has 3 nitrogen and oxygen atoms in total. The van der Waals surface area contributed by atoms with Crippen LogP contribution in [0.3, 0.4) is 0 Å². The molecule has 0 aliphatic carbocycles. The summed E-state index contributed by atoms with van der Waals surface area (Å²) >= 11 is 5.42. The van der Waals surface area contributed by atoms with Crippen LogP contribution in [0.25, 0.3) is 0 Å². The number of pyridine rings is 1. The van der Waals surface area contributed by atoms with Gasteiger partial charge in [-0.2, -0.15) is 5.26 Å². The minimum Gasteiger partial charge on any atom is -0.298 e. The highest BCUT2D eigenvalue weighted by molar-refractivity contribution is 6.30. The van der Waals surface area contributed by atoms with Crippen molar-refractivity contribution in [2.75, 3.05) is 0 Å². The van der Waals surface area contributed by atoms with Gasteiger partial charge in [-0.05, 0) is 6.07 Å². The highest BCUT2D eigenvalue weighted by Gasteiger charge is 2.17. The van der Waals surface area contributed by atoms with E-state index in [1.807, 2.05) is 0 Å². The van der Waals surface area contributed by atoms with Gasteiger partial charge >= 0.3 is 0 Å². The molecule has 0 fully saturated rings. The molecule has 0 aromatic carbocycles. The first kappa shape index (κ1) is 10.5. The summed E-state index contributed by atoms with van der Waals surface area (Å²) in [6.45, 7) is 0. The predicted molar refractivity (Wildman–Crippen MR) is 44.3 cm³/mol. The Morgan fingerprint density at radius 1 is 1.64 bits per heavy atom. The summed E-state index contributed by atoms with van der Waals surface area (Å²) in [6.07, 6.45) is -2.67. The van der Waals surface area contributed by atoms with E-state index >= 15 is 0 Å². The van der Waals surface area contributed by atoms with Gasteiger partial charge in [0.25, 0.3) is 6.43 Å². The molecule has 0 atom stereocenters. The zero-order chi connectivity index (χ0) is 10.7. The van der Waals surface area contributed by atoms with E-state index in [4.69, 9.17) is 16.9 Å². The van der Waals surface area contributed by atoms with Crippen LogP contribution < -0.4 is 0 Å². The van der Waals surface area contributed by atoms with Crippen molar-refractivity contribution < 1.29 is 13.6 Å². The largest absolute Gasteiger partial charge is 0.298 e. The van der Waals surface area contributed by atoms with E-state index in [1.165, 1.54) is 0 Å². The number of rotatable bonds is 2. The normalized spacial score (nSPS) is 9.93. The number of hydrogen-bond acceptors (Lipinski definition) is 3. The first-order valence-corrected chi connectivity index (χ1v) is 3.81. The lowest BCUT2D eigenvalue weighted by atomic mass is 10.1. The Balaban J connectivity index is 3.40. The molecule has 14 heavy (non-hydrogen) atoms. The number of nitrogens with zero attached hydrogens (tertiary/aromatic N) is 2. The van der Waals surface area contributed by atoms with Gasteiger partial charge in [0, 0.05) is 5.56 Å². The lowest BCUT2D eigenvalue weighted by Gasteiger charge is -2.03. The van der Waals surface area contributed by atoms with Crippen LogP contribution in [0, 0.1) is 11.3 Å². The topological polar surface area (TPSA) is 53.8 Å².